The van der Waals surface area contributed by atoms with Gasteiger partial charge >= 0.3 is 0 Å². The summed E-state index contributed by atoms with van der Waals surface area (Å²) in [6.45, 7) is 1.96. The van der Waals surface area contributed by atoms with Gasteiger partial charge in [0.2, 0.25) is 0 Å². The molecule has 0 saturated carbocycles. The average molecular weight is 364 g/mol. The number of aliphatic hydroxyl groups excluding tert-OH is 3. The largest absolute Gasteiger partial charge is 0.387 e. The van der Waals surface area contributed by atoms with E-state index in [-0.39, 0.29) is 6.54 Å². The van der Waals surface area contributed by atoms with Gasteiger partial charge in [0.15, 0.2) is 0 Å². The predicted octanol–water partition coefficient (Wildman–Crippen LogP) is -0.802. The lowest BCUT2D eigenvalue weighted by Crippen LogP contribution is -2.52. The van der Waals surface area contributed by atoms with Crippen molar-refractivity contribution < 1.29 is 15.3 Å². The van der Waals surface area contributed by atoms with Crippen molar-refractivity contribution in [2.45, 2.75) is 50.4 Å². The Bertz CT molecular complexity index is 612. The third-order valence-corrected chi connectivity index (χ3v) is 4.10. The quantitative estimate of drug-likeness (QED) is 0.256. The lowest BCUT2D eigenvalue weighted by molar-refractivity contribution is -0.0249. The maximum Gasteiger partial charge on any atom is 0.146 e. The number of hydrogen-bond acceptors (Lipinski definition) is 8. The Morgan fingerprint density at radius 1 is 1.19 bits per heavy atom. The van der Waals surface area contributed by atoms with Crippen molar-refractivity contribution >= 4 is 0 Å². The summed E-state index contributed by atoms with van der Waals surface area (Å²) in [5.74, 6) is 0.556. The molecule has 0 amide bonds. The van der Waals surface area contributed by atoms with Crippen LogP contribution >= 0.6 is 0 Å². The number of aromatic amines is 1. The van der Waals surface area contributed by atoms with Crippen LogP contribution in [0.4, 0.5) is 0 Å². The maximum absolute atomic E-state index is 10.3. The highest BCUT2D eigenvalue weighted by Crippen LogP contribution is 2.18. The Morgan fingerprint density at radius 3 is 2.54 bits per heavy atom. The van der Waals surface area contributed by atoms with E-state index in [1.807, 2.05) is 37.3 Å². The first-order valence-corrected chi connectivity index (χ1v) is 8.72. The van der Waals surface area contributed by atoms with Crippen LogP contribution in [0.5, 0.6) is 0 Å². The molecule has 1 aromatic carbocycles. The standard InChI is InChI=1S/C17H28N6O3/c1-2-6-12(18)15(25)17(26)19-9-13(24)22-14(16-20-10-21-23-16)11-7-4-3-5-8-11/h3-5,7-8,10,12-15,17,19,22,24-26H,2,6,9,18H2,1H3,(H,20,21,23)/t12?,13-,14?,15?,17+/m1/s1. The molecule has 0 aliphatic carbocycles. The Kier molecular flexibility index (Phi) is 8.10. The Hall–Kier alpha value is -1.88. The second-order valence-electron chi connectivity index (χ2n) is 6.19. The summed E-state index contributed by atoms with van der Waals surface area (Å²) in [6, 6.07) is 8.56. The first kappa shape index (κ1) is 20.4. The van der Waals surface area contributed by atoms with Gasteiger partial charge in [0.25, 0.3) is 0 Å². The van der Waals surface area contributed by atoms with Crippen LogP contribution in [0.25, 0.3) is 0 Å². The van der Waals surface area contributed by atoms with Crippen LogP contribution in [0.15, 0.2) is 36.7 Å². The van der Waals surface area contributed by atoms with Crippen molar-refractivity contribution in [1.82, 2.24) is 25.8 Å². The Balaban J connectivity index is 1.92. The molecule has 1 heterocycles. The minimum absolute atomic E-state index is 0.00847. The van der Waals surface area contributed by atoms with Gasteiger partial charge in [-0.05, 0) is 12.0 Å². The van der Waals surface area contributed by atoms with Gasteiger partial charge in [0.05, 0.1) is 6.04 Å². The smallest absolute Gasteiger partial charge is 0.146 e. The summed E-state index contributed by atoms with van der Waals surface area (Å²) < 4.78 is 0. The molecule has 3 unspecified atom stereocenters. The fourth-order valence-corrected chi connectivity index (χ4v) is 2.68. The number of aliphatic hydroxyl groups is 3. The zero-order valence-corrected chi connectivity index (χ0v) is 14.8. The molecular formula is C17H28N6O3. The van der Waals surface area contributed by atoms with Gasteiger partial charge in [-0.2, -0.15) is 5.10 Å². The second kappa shape index (κ2) is 10.3. The summed E-state index contributed by atoms with van der Waals surface area (Å²) in [5.41, 5.74) is 6.71. The molecule has 8 N–H and O–H groups in total. The van der Waals surface area contributed by atoms with Crippen molar-refractivity contribution in [3.8, 4) is 0 Å². The van der Waals surface area contributed by atoms with Crippen LogP contribution in [0.1, 0.15) is 37.2 Å². The van der Waals surface area contributed by atoms with Crippen LogP contribution in [-0.2, 0) is 0 Å². The number of nitrogens with two attached hydrogens (primary N) is 1. The van der Waals surface area contributed by atoms with Gasteiger partial charge in [0, 0.05) is 12.6 Å². The van der Waals surface area contributed by atoms with Crippen molar-refractivity contribution in [2.24, 2.45) is 5.73 Å². The number of benzene rings is 1. The van der Waals surface area contributed by atoms with E-state index >= 15 is 0 Å². The van der Waals surface area contributed by atoms with E-state index in [9.17, 15) is 15.3 Å². The van der Waals surface area contributed by atoms with E-state index in [4.69, 9.17) is 5.73 Å². The first-order chi connectivity index (χ1) is 12.5. The highest BCUT2D eigenvalue weighted by atomic mass is 16.3. The summed E-state index contributed by atoms with van der Waals surface area (Å²) in [4.78, 5) is 4.15. The number of hydrogen-bond donors (Lipinski definition) is 7. The third-order valence-electron chi connectivity index (χ3n) is 4.10. The molecule has 2 rings (SSSR count). The molecule has 1 aromatic heterocycles. The van der Waals surface area contributed by atoms with Crippen molar-refractivity contribution in [3.05, 3.63) is 48.0 Å². The number of nitrogens with one attached hydrogen (secondary N) is 3. The molecule has 9 nitrogen and oxygen atoms in total. The van der Waals surface area contributed by atoms with Crippen LogP contribution in [0.3, 0.4) is 0 Å². The Labute approximate surface area is 152 Å². The third kappa shape index (κ3) is 5.84. The van der Waals surface area contributed by atoms with E-state index in [0.717, 1.165) is 12.0 Å². The highest BCUT2D eigenvalue weighted by molar-refractivity contribution is 5.24. The van der Waals surface area contributed by atoms with Crippen molar-refractivity contribution in [2.75, 3.05) is 6.54 Å². The fraction of sp³-hybridized carbons (Fsp3) is 0.529. The predicted molar refractivity (Wildman–Crippen MR) is 96.7 cm³/mol. The van der Waals surface area contributed by atoms with Crippen LogP contribution in [-0.4, -0.2) is 61.6 Å². The molecule has 0 aliphatic heterocycles. The summed E-state index contributed by atoms with van der Waals surface area (Å²) in [5, 5.41) is 42.6. The van der Waals surface area contributed by atoms with Crippen LogP contribution in [0, 0.1) is 0 Å². The number of aromatic nitrogens is 3. The van der Waals surface area contributed by atoms with Gasteiger partial charge in [-0.25, -0.2) is 4.98 Å². The second-order valence-corrected chi connectivity index (χ2v) is 6.19. The molecule has 0 spiro atoms. The SMILES string of the molecule is CCCC(N)C(O)[C@H](O)NC[C@@H](O)NC(c1ccccc1)c1ncn[nH]1. The zero-order valence-electron chi connectivity index (χ0n) is 14.8. The van der Waals surface area contributed by atoms with Crippen LogP contribution in [0.2, 0.25) is 0 Å². The van der Waals surface area contributed by atoms with E-state index in [1.165, 1.54) is 6.33 Å². The molecule has 0 saturated heterocycles. The molecule has 2 aromatic rings. The molecule has 26 heavy (non-hydrogen) atoms. The number of H-pyrrole nitrogens is 1. The maximum atomic E-state index is 10.3. The molecule has 144 valence electrons. The lowest BCUT2D eigenvalue weighted by atomic mass is 10.1. The average Bonchev–Trinajstić information content (AvgIpc) is 3.18. The van der Waals surface area contributed by atoms with E-state index in [1.54, 1.807) is 0 Å². The van der Waals surface area contributed by atoms with Gasteiger partial charge in [-0.1, -0.05) is 43.7 Å². The fourth-order valence-electron chi connectivity index (χ4n) is 2.68. The topological polar surface area (TPSA) is 152 Å². The molecule has 0 fully saturated rings. The molecule has 0 aliphatic rings. The van der Waals surface area contributed by atoms with Gasteiger partial charge in [-0.3, -0.25) is 15.7 Å². The normalized spacial score (nSPS) is 17.4. The summed E-state index contributed by atoms with van der Waals surface area (Å²) >= 11 is 0. The highest BCUT2D eigenvalue weighted by Gasteiger charge is 2.24. The minimum Gasteiger partial charge on any atom is -0.387 e. The lowest BCUT2D eigenvalue weighted by Gasteiger charge is -2.26. The van der Waals surface area contributed by atoms with Crippen LogP contribution < -0.4 is 16.4 Å². The molecule has 5 atom stereocenters. The molecular weight excluding hydrogens is 336 g/mol. The van der Waals surface area contributed by atoms with E-state index in [2.05, 4.69) is 25.8 Å². The summed E-state index contributed by atoms with van der Waals surface area (Å²) in [6.07, 6.45) is -0.537. The Morgan fingerprint density at radius 2 is 1.92 bits per heavy atom. The number of rotatable bonds is 11. The van der Waals surface area contributed by atoms with Gasteiger partial charge in [-0.15, -0.1) is 0 Å². The molecule has 0 radical (unpaired) electrons. The monoisotopic (exact) mass is 364 g/mol. The van der Waals surface area contributed by atoms with Gasteiger partial charge in [0.1, 0.15) is 30.7 Å². The molecule has 0 bridgehead atoms. The summed E-state index contributed by atoms with van der Waals surface area (Å²) in [7, 11) is 0. The van der Waals surface area contributed by atoms with Crippen molar-refractivity contribution in [1.29, 1.82) is 0 Å². The first-order valence-electron chi connectivity index (χ1n) is 8.72. The van der Waals surface area contributed by atoms with E-state index < -0.39 is 30.6 Å². The zero-order chi connectivity index (χ0) is 18.9. The van der Waals surface area contributed by atoms with E-state index in [0.29, 0.717) is 12.2 Å². The van der Waals surface area contributed by atoms with Gasteiger partial charge < -0.3 is 21.1 Å². The minimum atomic E-state index is -1.23. The molecule has 9 heteroatoms. The number of nitrogens with zero attached hydrogens (tertiary/aromatic N) is 2. The van der Waals surface area contributed by atoms with Crippen molar-refractivity contribution in [3.63, 3.8) is 0 Å².